The van der Waals surface area contributed by atoms with Crippen LogP contribution in [-0.4, -0.2) is 19.1 Å². The fraction of sp³-hybridized carbons (Fsp3) is 0.321. The van der Waals surface area contributed by atoms with Crippen molar-refractivity contribution in [2.75, 3.05) is 17.7 Å². The van der Waals surface area contributed by atoms with E-state index in [9.17, 15) is 4.79 Å². The summed E-state index contributed by atoms with van der Waals surface area (Å²) in [5.41, 5.74) is 1.53. The predicted octanol–water partition coefficient (Wildman–Crippen LogP) is 6.41. The van der Waals surface area contributed by atoms with Gasteiger partial charge < -0.3 is 20.7 Å². The average Bonchev–Trinajstić information content (AvgIpc) is 3.26. The minimum absolute atomic E-state index is 0.0680. The summed E-state index contributed by atoms with van der Waals surface area (Å²) in [5.74, 6) is -1.18. The van der Waals surface area contributed by atoms with Gasteiger partial charge in [-0.3, -0.25) is 4.79 Å². The maximum atomic E-state index is 15.5. The lowest BCUT2D eigenvalue weighted by molar-refractivity contribution is -0.124. The molecule has 7 heteroatoms. The van der Waals surface area contributed by atoms with Gasteiger partial charge in [0.15, 0.2) is 5.66 Å². The summed E-state index contributed by atoms with van der Waals surface area (Å²) >= 11 is 6.21. The molecule has 5 rings (SSSR count). The van der Waals surface area contributed by atoms with Crippen LogP contribution in [0.15, 0.2) is 66.7 Å². The zero-order valence-corrected chi connectivity index (χ0v) is 20.4. The number of hydrogen-bond acceptors (Lipinski definition) is 4. The number of amides is 1. The lowest BCUT2D eigenvalue weighted by atomic mass is 9.79. The van der Waals surface area contributed by atoms with Crippen molar-refractivity contribution in [2.45, 2.75) is 49.7 Å². The molecule has 3 N–H and O–H groups in total. The number of fused-ring (bicyclic) bond motifs is 1. The number of carbonyl (C=O) groups is 1. The molecule has 3 aromatic rings. The zero-order valence-electron chi connectivity index (χ0n) is 19.6. The molecular weight excluding hydrogens is 465 g/mol. The van der Waals surface area contributed by atoms with Crippen molar-refractivity contribution in [1.29, 1.82) is 0 Å². The van der Waals surface area contributed by atoms with Crippen LogP contribution in [0.5, 0.6) is 5.75 Å². The molecule has 1 aliphatic heterocycles. The average molecular weight is 494 g/mol. The predicted molar refractivity (Wildman–Crippen MR) is 138 cm³/mol. The lowest BCUT2D eigenvalue weighted by Gasteiger charge is -2.39. The van der Waals surface area contributed by atoms with Gasteiger partial charge in [-0.2, -0.15) is 0 Å². The van der Waals surface area contributed by atoms with Gasteiger partial charge in [-0.1, -0.05) is 55.1 Å². The molecule has 1 atom stereocenters. The summed E-state index contributed by atoms with van der Waals surface area (Å²) < 4.78 is 20.9. The van der Waals surface area contributed by atoms with E-state index in [0.29, 0.717) is 10.8 Å². The van der Waals surface area contributed by atoms with E-state index in [1.165, 1.54) is 19.6 Å². The molecule has 182 valence electrons. The number of rotatable bonds is 6. The van der Waals surface area contributed by atoms with Gasteiger partial charge in [0, 0.05) is 16.6 Å². The normalized spacial score (nSPS) is 17.6. The molecular formula is C28H29ClFN3O2. The summed E-state index contributed by atoms with van der Waals surface area (Å²) in [6.07, 6.45) is 5.18. The summed E-state index contributed by atoms with van der Waals surface area (Å²) in [4.78, 5) is 14.1. The summed E-state index contributed by atoms with van der Waals surface area (Å²) in [6.45, 7) is 0. The Kier molecular flexibility index (Phi) is 6.56. The molecule has 35 heavy (non-hydrogen) atoms. The van der Waals surface area contributed by atoms with E-state index in [-0.39, 0.29) is 17.5 Å². The SMILES string of the molecule is COc1ccc(F)c(C(C(=O)NC2CCCCC2)C2(c3ccc(Cl)cc3)Nc3ccccc3N2)c1. The van der Waals surface area contributed by atoms with E-state index in [0.717, 1.165) is 42.6 Å². The minimum atomic E-state index is -1.15. The summed E-state index contributed by atoms with van der Waals surface area (Å²) in [5, 5.41) is 10.9. The highest BCUT2D eigenvalue weighted by atomic mass is 35.5. The minimum Gasteiger partial charge on any atom is -0.497 e. The Morgan fingerprint density at radius 2 is 1.69 bits per heavy atom. The van der Waals surface area contributed by atoms with E-state index in [2.05, 4.69) is 16.0 Å². The molecule has 1 amide bonds. The highest BCUT2D eigenvalue weighted by Crippen LogP contribution is 2.48. The molecule has 1 unspecified atom stereocenters. The zero-order chi connectivity index (χ0) is 24.4. The highest BCUT2D eigenvalue weighted by Gasteiger charge is 2.50. The Morgan fingerprint density at radius 1 is 1.03 bits per heavy atom. The first-order chi connectivity index (χ1) is 17.0. The number of ether oxygens (including phenoxy) is 1. The number of halogens is 2. The Bertz CT molecular complexity index is 1190. The smallest absolute Gasteiger partial charge is 0.232 e. The Balaban J connectivity index is 1.67. The van der Waals surface area contributed by atoms with Crippen LogP contribution in [0.25, 0.3) is 0 Å². The second-order valence-corrected chi connectivity index (χ2v) is 9.71. The first-order valence-electron chi connectivity index (χ1n) is 12.1. The van der Waals surface area contributed by atoms with Crippen LogP contribution in [0.2, 0.25) is 5.02 Å². The van der Waals surface area contributed by atoms with Crippen molar-refractivity contribution in [3.8, 4) is 5.75 Å². The number of anilines is 2. The second-order valence-electron chi connectivity index (χ2n) is 9.27. The molecule has 1 aliphatic carbocycles. The maximum Gasteiger partial charge on any atom is 0.232 e. The number of nitrogens with one attached hydrogen (secondary N) is 3. The molecule has 0 radical (unpaired) electrons. The lowest BCUT2D eigenvalue weighted by Crippen LogP contribution is -2.52. The van der Waals surface area contributed by atoms with Crippen LogP contribution in [-0.2, 0) is 10.5 Å². The third-order valence-corrected chi connectivity index (χ3v) is 7.30. The molecule has 1 saturated carbocycles. The van der Waals surface area contributed by atoms with Gasteiger partial charge in [0.1, 0.15) is 17.5 Å². The van der Waals surface area contributed by atoms with Crippen LogP contribution in [0, 0.1) is 5.82 Å². The molecule has 0 spiro atoms. The van der Waals surface area contributed by atoms with Crippen LogP contribution in [0.3, 0.4) is 0 Å². The fourth-order valence-electron chi connectivity index (χ4n) is 5.30. The van der Waals surface area contributed by atoms with Crippen molar-refractivity contribution in [1.82, 2.24) is 5.32 Å². The quantitative estimate of drug-likeness (QED) is 0.371. The van der Waals surface area contributed by atoms with Crippen LogP contribution in [0.4, 0.5) is 15.8 Å². The topological polar surface area (TPSA) is 62.4 Å². The molecule has 1 fully saturated rings. The Labute approximate surface area is 210 Å². The van der Waals surface area contributed by atoms with Gasteiger partial charge in [-0.25, -0.2) is 4.39 Å². The molecule has 1 heterocycles. The third kappa shape index (κ3) is 4.55. The molecule has 2 aliphatic rings. The van der Waals surface area contributed by atoms with E-state index in [1.54, 1.807) is 24.3 Å². The summed E-state index contributed by atoms with van der Waals surface area (Å²) in [6, 6.07) is 19.6. The van der Waals surface area contributed by atoms with Gasteiger partial charge in [-0.15, -0.1) is 0 Å². The standard InChI is InChI=1S/C28H29ClFN3O2/c1-35-21-15-16-23(30)22(17-21)26(27(34)31-20-7-3-2-4-8-20)28(18-11-13-19(29)14-12-18)32-24-9-5-6-10-25(24)33-28/h5-6,9-17,20,26,32-33H,2-4,7-8H2,1H3,(H,31,34). The van der Waals surface area contributed by atoms with Crippen molar-refractivity contribution in [3.05, 3.63) is 88.7 Å². The number of benzene rings is 3. The molecule has 0 saturated heterocycles. The van der Waals surface area contributed by atoms with Crippen molar-refractivity contribution < 1.29 is 13.9 Å². The largest absolute Gasteiger partial charge is 0.497 e. The Morgan fingerprint density at radius 3 is 2.31 bits per heavy atom. The molecule has 3 aromatic carbocycles. The van der Waals surface area contributed by atoms with Gasteiger partial charge in [0.25, 0.3) is 0 Å². The third-order valence-electron chi connectivity index (χ3n) is 7.05. The summed E-state index contributed by atoms with van der Waals surface area (Å²) in [7, 11) is 1.53. The van der Waals surface area contributed by atoms with Crippen LogP contribution >= 0.6 is 11.6 Å². The van der Waals surface area contributed by atoms with Crippen LogP contribution < -0.4 is 20.7 Å². The van der Waals surface area contributed by atoms with Crippen molar-refractivity contribution >= 4 is 28.9 Å². The van der Waals surface area contributed by atoms with Gasteiger partial charge >= 0.3 is 0 Å². The van der Waals surface area contributed by atoms with Crippen LogP contribution in [0.1, 0.15) is 49.1 Å². The molecule has 5 nitrogen and oxygen atoms in total. The van der Waals surface area contributed by atoms with E-state index < -0.39 is 17.4 Å². The van der Waals surface area contributed by atoms with Gasteiger partial charge in [-0.05, 0) is 60.9 Å². The monoisotopic (exact) mass is 493 g/mol. The highest BCUT2D eigenvalue weighted by molar-refractivity contribution is 6.30. The van der Waals surface area contributed by atoms with Crippen molar-refractivity contribution in [3.63, 3.8) is 0 Å². The first-order valence-corrected chi connectivity index (χ1v) is 12.4. The van der Waals surface area contributed by atoms with E-state index >= 15 is 4.39 Å². The number of carbonyl (C=O) groups excluding carboxylic acids is 1. The second kappa shape index (κ2) is 9.78. The first kappa shape index (κ1) is 23.5. The van der Waals surface area contributed by atoms with Crippen molar-refractivity contribution in [2.24, 2.45) is 0 Å². The number of hydrogen-bond donors (Lipinski definition) is 3. The molecule has 0 bridgehead atoms. The van der Waals surface area contributed by atoms with Gasteiger partial charge in [0.05, 0.1) is 18.5 Å². The molecule has 0 aromatic heterocycles. The number of methoxy groups -OCH3 is 1. The Hall–Kier alpha value is -3.25. The van der Waals surface area contributed by atoms with Gasteiger partial charge in [0.2, 0.25) is 5.91 Å². The number of para-hydroxylation sites is 2. The van der Waals surface area contributed by atoms with E-state index in [1.807, 2.05) is 36.4 Å². The van der Waals surface area contributed by atoms with E-state index in [4.69, 9.17) is 16.3 Å². The fourth-order valence-corrected chi connectivity index (χ4v) is 5.42. The maximum absolute atomic E-state index is 15.5.